The van der Waals surface area contributed by atoms with E-state index in [0.29, 0.717) is 12.1 Å². The molecule has 102 valence electrons. The zero-order valence-corrected chi connectivity index (χ0v) is 12.2. The molecule has 0 aliphatic rings. The molecule has 1 aromatic heterocycles. The van der Waals surface area contributed by atoms with E-state index in [1.165, 1.54) is 16.7 Å². The Labute approximate surface area is 115 Å². The maximum atomic E-state index is 4.32. The van der Waals surface area contributed by atoms with E-state index in [0.717, 1.165) is 6.54 Å². The van der Waals surface area contributed by atoms with Gasteiger partial charge in [0.15, 0.2) is 0 Å². The number of nitrogens with one attached hydrogen (secondary N) is 1. The quantitative estimate of drug-likeness (QED) is 0.886. The molecule has 0 spiro atoms. The molecular weight excluding hydrogens is 234 g/mol. The van der Waals surface area contributed by atoms with Gasteiger partial charge in [-0.05, 0) is 33.3 Å². The molecule has 2 aromatic rings. The average Bonchev–Trinajstić information content (AvgIpc) is 2.88. The highest BCUT2D eigenvalue weighted by Gasteiger charge is 2.12. The number of nitrogens with zero attached hydrogens (tertiary/aromatic N) is 2. The predicted octanol–water partition coefficient (Wildman–Crippen LogP) is 3.62. The van der Waals surface area contributed by atoms with Crippen LogP contribution in [0.3, 0.4) is 0 Å². The Morgan fingerprint density at radius 1 is 1.11 bits per heavy atom. The smallest absolute Gasteiger partial charge is 0.0537 e. The molecule has 1 N–H and O–H groups in total. The van der Waals surface area contributed by atoms with Gasteiger partial charge in [-0.3, -0.25) is 4.68 Å². The van der Waals surface area contributed by atoms with Crippen LogP contribution in [0.2, 0.25) is 0 Å². The Bertz CT molecular complexity index is 513. The number of aryl methyl sites for hydroxylation is 2. The standard InChI is InChI=1S/C16H23N3/c1-5-19-11-16(10-17-19)14(4)18-13(3)15-8-6-12(2)7-9-15/h6-11,13-14,18H,5H2,1-4H3/t13-,14?/m1/s1. The Balaban J connectivity index is 2.01. The Kier molecular flexibility index (Phi) is 4.38. The van der Waals surface area contributed by atoms with E-state index in [4.69, 9.17) is 0 Å². The van der Waals surface area contributed by atoms with Crippen molar-refractivity contribution in [3.8, 4) is 0 Å². The zero-order chi connectivity index (χ0) is 13.8. The lowest BCUT2D eigenvalue weighted by molar-refractivity contribution is 0.494. The van der Waals surface area contributed by atoms with Crippen LogP contribution in [0, 0.1) is 6.92 Å². The second-order valence-electron chi connectivity index (χ2n) is 5.15. The van der Waals surface area contributed by atoms with Gasteiger partial charge in [0.1, 0.15) is 0 Å². The summed E-state index contributed by atoms with van der Waals surface area (Å²) in [7, 11) is 0. The summed E-state index contributed by atoms with van der Waals surface area (Å²) in [5, 5.41) is 7.94. The number of hydrogen-bond acceptors (Lipinski definition) is 2. The molecule has 0 aliphatic heterocycles. The van der Waals surface area contributed by atoms with Crippen LogP contribution in [0.4, 0.5) is 0 Å². The fourth-order valence-electron chi connectivity index (χ4n) is 2.20. The maximum Gasteiger partial charge on any atom is 0.0537 e. The summed E-state index contributed by atoms with van der Waals surface area (Å²) in [6, 6.07) is 9.34. The normalized spacial score (nSPS) is 14.3. The summed E-state index contributed by atoms with van der Waals surface area (Å²) in [6.07, 6.45) is 4.06. The van der Waals surface area contributed by atoms with Gasteiger partial charge in [0, 0.05) is 30.4 Å². The summed E-state index contributed by atoms with van der Waals surface area (Å²) >= 11 is 0. The van der Waals surface area contributed by atoms with E-state index in [1.54, 1.807) is 0 Å². The molecule has 0 fully saturated rings. The van der Waals surface area contributed by atoms with Crippen molar-refractivity contribution in [2.75, 3.05) is 0 Å². The summed E-state index contributed by atoms with van der Waals surface area (Å²) in [5.41, 5.74) is 3.86. The van der Waals surface area contributed by atoms with Crippen LogP contribution in [0.15, 0.2) is 36.7 Å². The predicted molar refractivity (Wildman–Crippen MR) is 79.0 cm³/mol. The van der Waals surface area contributed by atoms with Gasteiger partial charge in [-0.1, -0.05) is 29.8 Å². The molecule has 2 atom stereocenters. The van der Waals surface area contributed by atoms with Gasteiger partial charge in [0.05, 0.1) is 6.20 Å². The molecular formula is C16H23N3. The highest BCUT2D eigenvalue weighted by atomic mass is 15.3. The molecule has 3 nitrogen and oxygen atoms in total. The van der Waals surface area contributed by atoms with Crippen LogP contribution in [0.25, 0.3) is 0 Å². The topological polar surface area (TPSA) is 29.9 Å². The Hall–Kier alpha value is -1.61. The largest absolute Gasteiger partial charge is 0.304 e. The minimum Gasteiger partial charge on any atom is -0.304 e. The van der Waals surface area contributed by atoms with Crippen molar-refractivity contribution in [1.29, 1.82) is 0 Å². The zero-order valence-electron chi connectivity index (χ0n) is 12.2. The van der Waals surface area contributed by atoms with Crippen molar-refractivity contribution >= 4 is 0 Å². The first-order valence-electron chi connectivity index (χ1n) is 6.95. The Morgan fingerprint density at radius 3 is 2.32 bits per heavy atom. The van der Waals surface area contributed by atoms with Gasteiger partial charge in [-0.15, -0.1) is 0 Å². The maximum absolute atomic E-state index is 4.32. The van der Waals surface area contributed by atoms with E-state index in [-0.39, 0.29) is 0 Å². The second kappa shape index (κ2) is 6.02. The van der Waals surface area contributed by atoms with Crippen molar-refractivity contribution < 1.29 is 0 Å². The minimum atomic E-state index is 0.302. The molecule has 1 heterocycles. The number of hydrogen-bond donors (Lipinski definition) is 1. The van der Waals surface area contributed by atoms with Crippen molar-refractivity contribution in [2.45, 2.75) is 46.3 Å². The molecule has 0 bridgehead atoms. The third kappa shape index (κ3) is 3.44. The highest BCUT2D eigenvalue weighted by Crippen LogP contribution is 2.19. The lowest BCUT2D eigenvalue weighted by Crippen LogP contribution is -2.22. The van der Waals surface area contributed by atoms with Gasteiger partial charge in [0.2, 0.25) is 0 Å². The molecule has 19 heavy (non-hydrogen) atoms. The van der Waals surface area contributed by atoms with Gasteiger partial charge >= 0.3 is 0 Å². The first-order chi connectivity index (χ1) is 9.10. The lowest BCUT2D eigenvalue weighted by Gasteiger charge is -2.19. The van der Waals surface area contributed by atoms with Crippen molar-refractivity contribution in [2.24, 2.45) is 0 Å². The molecule has 1 unspecified atom stereocenters. The van der Waals surface area contributed by atoms with Gasteiger partial charge in [0.25, 0.3) is 0 Å². The molecule has 0 saturated carbocycles. The van der Waals surface area contributed by atoms with E-state index in [9.17, 15) is 0 Å². The summed E-state index contributed by atoms with van der Waals surface area (Å²) < 4.78 is 1.96. The number of rotatable bonds is 5. The summed E-state index contributed by atoms with van der Waals surface area (Å²) in [6.45, 7) is 9.51. The highest BCUT2D eigenvalue weighted by molar-refractivity contribution is 5.24. The lowest BCUT2D eigenvalue weighted by atomic mass is 10.0. The van der Waals surface area contributed by atoms with Gasteiger partial charge in [-0.2, -0.15) is 5.10 Å². The first kappa shape index (κ1) is 13.8. The van der Waals surface area contributed by atoms with Crippen LogP contribution in [0.1, 0.15) is 49.5 Å². The minimum absolute atomic E-state index is 0.302. The van der Waals surface area contributed by atoms with Crippen LogP contribution in [0.5, 0.6) is 0 Å². The number of benzene rings is 1. The van der Waals surface area contributed by atoms with Crippen molar-refractivity contribution in [1.82, 2.24) is 15.1 Å². The average molecular weight is 257 g/mol. The van der Waals surface area contributed by atoms with Crippen LogP contribution in [-0.2, 0) is 6.54 Å². The monoisotopic (exact) mass is 257 g/mol. The molecule has 0 radical (unpaired) electrons. The van der Waals surface area contributed by atoms with Crippen LogP contribution >= 0.6 is 0 Å². The first-order valence-corrected chi connectivity index (χ1v) is 6.95. The van der Waals surface area contributed by atoms with Crippen molar-refractivity contribution in [3.05, 3.63) is 53.3 Å². The fraction of sp³-hybridized carbons (Fsp3) is 0.438. The molecule has 0 aliphatic carbocycles. The third-order valence-corrected chi connectivity index (χ3v) is 3.55. The molecule has 0 amide bonds. The van der Waals surface area contributed by atoms with E-state index in [2.05, 4.69) is 68.6 Å². The van der Waals surface area contributed by atoms with Crippen LogP contribution in [-0.4, -0.2) is 9.78 Å². The molecule has 2 rings (SSSR count). The Morgan fingerprint density at radius 2 is 1.74 bits per heavy atom. The second-order valence-corrected chi connectivity index (χ2v) is 5.15. The van der Waals surface area contributed by atoms with Gasteiger partial charge < -0.3 is 5.32 Å². The van der Waals surface area contributed by atoms with E-state index in [1.807, 2.05) is 10.9 Å². The molecule has 0 saturated heterocycles. The molecule has 3 heteroatoms. The third-order valence-electron chi connectivity index (χ3n) is 3.55. The van der Waals surface area contributed by atoms with Crippen molar-refractivity contribution in [3.63, 3.8) is 0 Å². The molecule has 1 aromatic carbocycles. The van der Waals surface area contributed by atoms with Gasteiger partial charge in [-0.25, -0.2) is 0 Å². The SMILES string of the molecule is CCn1cc(C(C)N[C@H](C)c2ccc(C)cc2)cn1. The summed E-state index contributed by atoms with van der Waals surface area (Å²) in [4.78, 5) is 0. The van der Waals surface area contributed by atoms with Crippen LogP contribution < -0.4 is 5.32 Å². The fourth-order valence-corrected chi connectivity index (χ4v) is 2.20. The van der Waals surface area contributed by atoms with E-state index < -0.39 is 0 Å². The number of aromatic nitrogens is 2. The summed E-state index contributed by atoms with van der Waals surface area (Å²) in [5.74, 6) is 0. The van der Waals surface area contributed by atoms with E-state index >= 15 is 0 Å².